The zero-order valence-electron chi connectivity index (χ0n) is 23.5. The summed E-state index contributed by atoms with van der Waals surface area (Å²) in [6.45, 7) is 19.9. The third kappa shape index (κ3) is 8.84. The lowest BCUT2D eigenvalue weighted by atomic mass is 10.2. The van der Waals surface area contributed by atoms with Gasteiger partial charge in [-0.15, -0.1) is 0 Å². The van der Waals surface area contributed by atoms with Gasteiger partial charge in [0.05, 0.1) is 18.8 Å². The normalized spacial score (nSPS) is 22.8. The lowest BCUT2D eigenvalue weighted by Gasteiger charge is -2.37. The van der Waals surface area contributed by atoms with E-state index >= 15 is 0 Å². The first-order chi connectivity index (χ1) is 16.6. The van der Waals surface area contributed by atoms with Crippen LogP contribution in [0, 0.1) is 6.92 Å². The van der Waals surface area contributed by atoms with E-state index in [1.165, 1.54) is 10.8 Å². The molecule has 2 rings (SSSR count). The summed E-state index contributed by atoms with van der Waals surface area (Å²) in [5.41, 5.74) is -0.489. The zero-order chi connectivity index (χ0) is 27.3. The van der Waals surface area contributed by atoms with Crippen molar-refractivity contribution in [2.24, 2.45) is 0 Å². The number of aromatic nitrogens is 2. The summed E-state index contributed by atoms with van der Waals surface area (Å²) in [5, 5.41) is 3.42. The molecule has 1 aliphatic heterocycles. The van der Waals surface area contributed by atoms with Crippen LogP contribution >= 0.6 is 8.60 Å². The van der Waals surface area contributed by atoms with Crippen molar-refractivity contribution in [1.29, 1.82) is 0 Å². The molecule has 1 fully saturated rings. The summed E-state index contributed by atoms with van der Waals surface area (Å²) in [6, 6.07) is 0.409. The molecule has 0 saturated carbocycles. The fourth-order valence-corrected chi connectivity index (χ4v) is 5.51. The van der Waals surface area contributed by atoms with Gasteiger partial charge in [-0.1, -0.05) is 34.6 Å². The second-order valence-corrected chi connectivity index (χ2v) is 17.3. The van der Waals surface area contributed by atoms with E-state index in [9.17, 15) is 9.59 Å². The Kier molecular flexibility index (Phi) is 11.5. The van der Waals surface area contributed by atoms with Crippen LogP contribution in [-0.4, -0.2) is 62.5 Å². The zero-order valence-corrected chi connectivity index (χ0v) is 25.4. The molecule has 1 aromatic heterocycles. The lowest BCUT2D eigenvalue weighted by molar-refractivity contribution is -0.0426. The van der Waals surface area contributed by atoms with E-state index in [1.54, 1.807) is 14.0 Å². The van der Waals surface area contributed by atoms with Crippen molar-refractivity contribution in [1.82, 2.24) is 14.9 Å². The van der Waals surface area contributed by atoms with E-state index in [0.29, 0.717) is 24.6 Å². The number of rotatable bonds is 13. The number of hydrogen-bond donors (Lipinski definition) is 2. The van der Waals surface area contributed by atoms with E-state index in [4.69, 9.17) is 22.7 Å². The maximum atomic E-state index is 12.5. The molecule has 36 heavy (non-hydrogen) atoms. The first-order valence-electron chi connectivity index (χ1n) is 12.7. The Labute approximate surface area is 217 Å². The van der Waals surface area contributed by atoms with E-state index in [2.05, 4.69) is 58.0 Å². The number of ether oxygens (including phenoxy) is 1. The van der Waals surface area contributed by atoms with Gasteiger partial charge in [0.1, 0.15) is 12.3 Å². The summed E-state index contributed by atoms with van der Waals surface area (Å²) >= 11 is 0. The molecule has 208 valence electrons. The van der Waals surface area contributed by atoms with Crippen molar-refractivity contribution in [3.05, 3.63) is 32.6 Å². The minimum Gasteiger partial charge on any atom is -0.414 e. The Morgan fingerprint density at radius 2 is 1.94 bits per heavy atom. The van der Waals surface area contributed by atoms with Crippen molar-refractivity contribution < 1.29 is 22.7 Å². The van der Waals surface area contributed by atoms with Crippen LogP contribution in [0.4, 0.5) is 0 Å². The number of aromatic amines is 1. The van der Waals surface area contributed by atoms with Crippen LogP contribution in [0.3, 0.4) is 0 Å². The molecule has 1 aliphatic rings. The molecule has 0 spiro atoms. The van der Waals surface area contributed by atoms with E-state index in [1.807, 2.05) is 6.92 Å². The molecule has 1 saturated heterocycles. The van der Waals surface area contributed by atoms with Crippen LogP contribution in [0.25, 0.3) is 0 Å². The molecule has 1 unspecified atom stereocenters. The van der Waals surface area contributed by atoms with Crippen LogP contribution < -0.4 is 16.6 Å². The van der Waals surface area contributed by atoms with Gasteiger partial charge in [0.2, 0.25) is 0 Å². The molecule has 0 aliphatic carbocycles. The monoisotopic (exact) mass is 547 g/mol. The molecule has 12 heteroatoms. The maximum absolute atomic E-state index is 12.5. The fourth-order valence-electron chi connectivity index (χ4n) is 3.44. The SMILES string of the molecule is COP(O[C@H](C)CCNC(C)C)O[C@H]1C[C@H](n2cc(C)c(=O)[nH]c2=O)O[C@@H]1CO[Si](C)(C)C(C)(C)C. The predicted molar refractivity (Wildman–Crippen MR) is 145 cm³/mol. The van der Waals surface area contributed by atoms with Crippen molar-refractivity contribution in [3.8, 4) is 0 Å². The summed E-state index contributed by atoms with van der Waals surface area (Å²) < 4.78 is 32.1. The Bertz CT molecular complexity index is 947. The summed E-state index contributed by atoms with van der Waals surface area (Å²) in [7, 11) is -2.11. The minimum absolute atomic E-state index is 0.0377. The molecule has 5 atom stereocenters. The average molecular weight is 548 g/mol. The number of nitrogens with one attached hydrogen (secondary N) is 2. The number of hydrogen-bond acceptors (Lipinski definition) is 8. The Hall–Kier alpha value is -0.913. The second-order valence-electron chi connectivity index (χ2n) is 11.3. The van der Waals surface area contributed by atoms with Crippen LogP contribution in [0.15, 0.2) is 15.8 Å². The van der Waals surface area contributed by atoms with Gasteiger partial charge in [-0.3, -0.25) is 14.3 Å². The first-order valence-corrected chi connectivity index (χ1v) is 16.7. The Morgan fingerprint density at radius 1 is 1.28 bits per heavy atom. The molecule has 2 N–H and O–H groups in total. The van der Waals surface area contributed by atoms with Gasteiger partial charge < -0.3 is 28.1 Å². The van der Waals surface area contributed by atoms with Gasteiger partial charge in [-0.2, -0.15) is 0 Å². The van der Waals surface area contributed by atoms with Crippen molar-refractivity contribution >= 4 is 16.9 Å². The quantitative estimate of drug-likeness (QED) is 0.279. The second kappa shape index (κ2) is 13.2. The van der Waals surface area contributed by atoms with Crippen LogP contribution in [-0.2, 0) is 22.7 Å². The molecule has 0 amide bonds. The van der Waals surface area contributed by atoms with Gasteiger partial charge in [0.15, 0.2) is 8.32 Å². The standard InChI is InChI=1S/C24H46N3O7PSi/c1-16(2)25-12-11-18(4)33-35(30-8)34-19-13-21(27-14-17(3)22(28)26-23(27)29)32-20(19)15-31-36(9,10)24(5,6)7/h14,16,18-21,25H,11-13,15H2,1-10H3,(H,26,28,29)/t18-,19+,20-,21-,35?/m1/s1. The van der Waals surface area contributed by atoms with E-state index < -0.39 is 46.6 Å². The molecular formula is C24H46N3O7PSi. The van der Waals surface area contributed by atoms with E-state index in [-0.39, 0.29) is 11.1 Å². The molecule has 1 aromatic rings. The van der Waals surface area contributed by atoms with E-state index in [0.717, 1.165) is 13.0 Å². The lowest BCUT2D eigenvalue weighted by Crippen LogP contribution is -2.44. The Morgan fingerprint density at radius 3 is 2.53 bits per heavy atom. The molecular weight excluding hydrogens is 501 g/mol. The number of H-pyrrole nitrogens is 1. The molecule has 0 bridgehead atoms. The van der Waals surface area contributed by atoms with Gasteiger partial charge in [-0.05, 0) is 44.9 Å². The average Bonchev–Trinajstić information content (AvgIpc) is 3.15. The predicted octanol–water partition coefficient (Wildman–Crippen LogP) is 4.21. The van der Waals surface area contributed by atoms with Crippen molar-refractivity contribution in [3.63, 3.8) is 0 Å². The molecule has 2 heterocycles. The highest BCUT2D eigenvalue weighted by Gasteiger charge is 2.43. The summed E-state index contributed by atoms with van der Waals surface area (Å²) in [4.78, 5) is 26.7. The topological polar surface area (TPSA) is 113 Å². The largest absolute Gasteiger partial charge is 0.414 e. The first kappa shape index (κ1) is 31.3. The van der Waals surface area contributed by atoms with Gasteiger partial charge in [0.25, 0.3) is 5.56 Å². The molecule has 10 nitrogen and oxygen atoms in total. The van der Waals surface area contributed by atoms with Crippen molar-refractivity contribution in [2.75, 3.05) is 20.3 Å². The number of nitrogens with zero attached hydrogens (tertiary/aromatic N) is 1. The van der Waals surface area contributed by atoms with Crippen LogP contribution in [0.5, 0.6) is 0 Å². The highest BCUT2D eigenvalue weighted by molar-refractivity contribution is 7.41. The van der Waals surface area contributed by atoms with Gasteiger partial charge in [0, 0.05) is 31.3 Å². The third-order valence-corrected chi connectivity index (χ3v) is 12.6. The smallest absolute Gasteiger partial charge is 0.333 e. The summed E-state index contributed by atoms with van der Waals surface area (Å²) in [5.74, 6) is 0. The summed E-state index contributed by atoms with van der Waals surface area (Å²) in [6.07, 6.45) is 1.23. The fraction of sp³-hybridized carbons (Fsp3) is 0.833. The van der Waals surface area contributed by atoms with Gasteiger partial charge >= 0.3 is 14.3 Å². The Balaban J connectivity index is 2.17. The maximum Gasteiger partial charge on any atom is 0.333 e. The highest BCUT2D eigenvalue weighted by Crippen LogP contribution is 2.46. The molecule has 0 radical (unpaired) electrons. The minimum atomic E-state index is -2.05. The third-order valence-electron chi connectivity index (χ3n) is 6.79. The molecule has 0 aromatic carbocycles. The van der Waals surface area contributed by atoms with Crippen LogP contribution in [0.1, 0.15) is 66.2 Å². The number of aryl methyl sites for hydroxylation is 1. The van der Waals surface area contributed by atoms with Gasteiger partial charge in [-0.25, -0.2) is 4.79 Å². The van der Waals surface area contributed by atoms with Crippen molar-refractivity contribution in [2.45, 2.75) is 110 Å². The van der Waals surface area contributed by atoms with Crippen LogP contribution in [0.2, 0.25) is 18.1 Å². The highest BCUT2D eigenvalue weighted by atomic mass is 31.2.